The molecule has 1 aromatic carbocycles. The molecule has 5 heteroatoms. The van der Waals surface area contributed by atoms with E-state index in [1.807, 2.05) is 33.8 Å². The van der Waals surface area contributed by atoms with Gasteiger partial charge in [0.15, 0.2) is 0 Å². The van der Waals surface area contributed by atoms with E-state index in [-0.39, 0.29) is 12.6 Å². The van der Waals surface area contributed by atoms with Gasteiger partial charge in [0.2, 0.25) is 10.0 Å². The number of rotatable bonds is 4. The van der Waals surface area contributed by atoms with Crippen LogP contribution in [-0.4, -0.2) is 26.2 Å². The maximum Gasteiger partial charge on any atom is 0.241 e. The van der Waals surface area contributed by atoms with Crippen LogP contribution in [0.15, 0.2) is 11.0 Å². The second-order valence-corrected chi connectivity index (χ2v) is 8.26. The predicted octanol–water partition coefficient (Wildman–Crippen LogP) is 2.75. The Balaban J connectivity index is 2.25. The number of aryl methyl sites for hydroxylation is 2. The molecule has 22 heavy (non-hydrogen) atoms. The first-order valence-corrected chi connectivity index (χ1v) is 9.45. The van der Waals surface area contributed by atoms with Crippen molar-refractivity contribution < 1.29 is 13.5 Å². The molecule has 1 saturated carbocycles. The molecule has 1 aliphatic rings. The average molecular weight is 325 g/mol. The van der Waals surface area contributed by atoms with Gasteiger partial charge in [-0.25, -0.2) is 13.1 Å². The molecule has 1 fully saturated rings. The number of hydrogen-bond donors (Lipinski definition) is 2. The summed E-state index contributed by atoms with van der Waals surface area (Å²) in [4.78, 5) is 0.439. The van der Waals surface area contributed by atoms with E-state index in [0.29, 0.717) is 10.8 Å². The second-order valence-electron chi connectivity index (χ2n) is 6.61. The van der Waals surface area contributed by atoms with Gasteiger partial charge in [0.25, 0.3) is 0 Å². The maximum atomic E-state index is 12.8. The highest BCUT2D eigenvalue weighted by Gasteiger charge is 2.28. The van der Waals surface area contributed by atoms with Crippen LogP contribution in [-0.2, 0) is 10.0 Å². The summed E-state index contributed by atoms with van der Waals surface area (Å²) in [6.07, 6.45) is 3.36. The lowest BCUT2D eigenvalue weighted by atomic mass is 9.87. The Morgan fingerprint density at radius 3 is 2.00 bits per heavy atom. The topological polar surface area (TPSA) is 66.4 Å². The summed E-state index contributed by atoms with van der Waals surface area (Å²) in [7, 11) is -3.50. The highest BCUT2D eigenvalue weighted by Crippen LogP contribution is 2.29. The third kappa shape index (κ3) is 3.53. The molecule has 0 aromatic heterocycles. The Morgan fingerprint density at radius 2 is 1.55 bits per heavy atom. The van der Waals surface area contributed by atoms with Gasteiger partial charge in [-0.3, -0.25) is 0 Å². The fraction of sp³-hybridized carbons (Fsp3) is 0.647. The van der Waals surface area contributed by atoms with Gasteiger partial charge < -0.3 is 5.11 Å². The average Bonchev–Trinajstić information content (AvgIpc) is 2.45. The molecule has 0 atom stereocenters. The van der Waals surface area contributed by atoms with Gasteiger partial charge >= 0.3 is 0 Å². The van der Waals surface area contributed by atoms with Crippen molar-refractivity contribution in [1.29, 1.82) is 0 Å². The second kappa shape index (κ2) is 6.69. The summed E-state index contributed by atoms with van der Waals surface area (Å²) in [5.41, 5.74) is 3.68. The minimum Gasteiger partial charge on any atom is -0.396 e. The Morgan fingerprint density at radius 1 is 1.05 bits per heavy atom. The van der Waals surface area contributed by atoms with E-state index in [1.54, 1.807) is 0 Å². The number of benzene rings is 1. The molecule has 0 saturated heterocycles. The first kappa shape index (κ1) is 17.4. The summed E-state index contributed by atoms with van der Waals surface area (Å²) in [6.45, 7) is 7.85. The zero-order valence-corrected chi connectivity index (χ0v) is 14.8. The molecule has 0 spiro atoms. The molecule has 124 valence electrons. The molecule has 0 amide bonds. The standard InChI is InChI=1S/C17H27NO3S/c1-11-9-12(2)14(4)17(13(11)3)22(20,21)18-16-7-5-15(10-19)6-8-16/h9,15-16,18-19H,5-8,10H2,1-4H3. The van der Waals surface area contributed by atoms with Gasteiger partial charge in [-0.2, -0.15) is 0 Å². The quantitative estimate of drug-likeness (QED) is 0.894. The van der Waals surface area contributed by atoms with Crippen molar-refractivity contribution in [3.63, 3.8) is 0 Å². The molecular formula is C17H27NO3S. The summed E-state index contributed by atoms with van der Waals surface area (Å²) >= 11 is 0. The largest absolute Gasteiger partial charge is 0.396 e. The van der Waals surface area contributed by atoms with Gasteiger partial charge in [-0.05, 0) is 81.5 Å². The highest BCUT2D eigenvalue weighted by atomic mass is 32.2. The van der Waals surface area contributed by atoms with Crippen molar-refractivity contribution in [3.05, 3.63) is 28.3 Å². The monoisotopic (exact) mass is 325 g/mol. The van der Waals surface area contributed by atoms with Crippen LogP contribution in [0.2, 0.25) is 0 Å². The molecule has 1 aromatic rings. The maximum absolute atomic E-state index is 12.8. The lowest BCUT2D eigenvalue weighted by Gasteiger charge is -2.28. The summed E-state index contributed by atoms with van der Waals surface area (Å²) in [5.74, 6) is 0.324. The lowest BCUT2D eigenvalue weighted by Crippen LogP contribution is -2.38. The van der Waals surface area contributed by atoms with Crippen LogP contribution in [0.5, 0.6) is 0 Å². The molecule has 0 bridgehead atoms. The van der Waals surface area contributed by atoms with E-state index in [0.717, 1.165) is 47.9 Å². The molecule has 2 rings (SSSR count). The van der Waals surface area contributed by atoms with E-state index in [1.165, 1.54) is 0 Å². The van der Waals surface area contributed by atoms with Crippen LogP contribution in [0.25, 0.3) is 0 Å². The van der Waals surface area contributed by atoms with E-state index >= 15 is 0 Å². The zero-order chi connectivity index (χ0) is 16.5. The SMILES string of the molecule is Cc1cc(C)c(C)c(S(=O)(=O)NC2CCC(CO)CC2)c1C. The van der Waals surface area contributed by atoms with Gasteiger partial charge in [0, 0.05) is 12.6 Å². The van der Waals surface area contributed by atoms with Crippen molar-refractivity contribution in [3.8, 4) is 0 Å². The van der Waals surface area contributed by atoms with Crippen molar-refractivity contribution in [2.24, 2.45) is 5.92 Å². The molecule has 1 aliphatic carbocycles. The van der Waals surface area contributed by atoms with Crippen LogP contribution >= 0.6 is 0 Å². The van der Waals surface area contributed by atoms with Crippen LogP contribution < -0.4 is 4.72 Å². The number of aliphatic hydroxyl groups excluding tert-OH is 1. The van der Waals surface area contributed by atoms with Gasteiger partial charge in [-0.1, -0.05) is 6.07 Å². The number of hydrogen-bond acceptors (Lipinski definition) is 3. The predicted molar refractivity (Wildman–Crippen MR) is 88.5 cm³/mol. The molecule has 2 N–H and O–H groups in total. The Hall–Kier alpha value is -0.910. The third-order valence-corrected chi connectivity index (χ3v) is 6.79. The number of aliphatic hydroxyl groups is 1. The first-order chi connectivity index (χ1) is 10.3. The van der Waals surface area contributed by atoms with E-state index in [2.05, 4.69) is 4.72 Å². The van der Waals surface area contributed by atoms with Crippen LogP contribution in [0.1, 0.15) is 47.9 Å². The van der Waals surface area contributed by atoms with Crippen molar-refractivity contribution >= 4 is 10.0 Å². The highest BCUT2D eigenvalue weighted by molar-refractivity contribution is 7.89. The lowest BCUT2D eigenvalue weighted by molar-refractivity contribution is 0.180. The Bertz CT molecular complexity index is 618. The van der Waals surface area contributed by atoms with E-state index in [4.69, 9.17) is 0 Å². The van der Waals surface area contributed by atoms with Gasteiger partial charge in [0.1, 0.15) is 0 Å². The van der Waals surface area contributed by atoms with Crippen molar-refractivity contribution in [2.75, 3.05) is 6.61 Å². The summed E-state index contributed by atoms with van der Waals surface area (Å²) in [5, 5.41) is 9.18. The third-order valence-electron chi connectivity index (χ3n) is 4.99. The first-order valence-electron chi connectivity index (χ1n) is 7.97. The fourth-order valence-corrected chi connectivity index (χ4v) is 5.25. The molecule has 0 radical (unpaired) electrons. The summed E-state index contributed by atoms with van der Waals surface area (Å²) in [6, 6.07) is 2.02. The van der Waals surface area contributed by atoms with Crippen molar-refractivity contribution in [1.82, 2.24) is 4.72 Å². The van der Waals surface area contributed by atoms with E-state index < -0.39 is 10.0 Å². The molecular weight excluding hydrogens is 298 g/mol. The normalized spacial score (nSPS) is 22.8. The fourth-order valence-electron chi connectivity index (χ4n) is 3.32. The van der Waals surface area contributed by atoms with Crippen molar-refractivity contribution in [2.45, 2.75) is 64.3 Å². The Labute approximate surface area is 134 Å². The molecule has 0 heterocycles. The number of sulfonamides is 1. The molecule has 0 unspecified atom stereocenters. The Kier molecular flexibility index (Phi) is 5.30. The van der Waals surface area contributed by atoms with Gasteiger partial charge in [0.05, 0.1) is 4.90 Å². The minimum absolute atomic E-state index is 0.0209. The van der Waals surface area contributed by atoms with E-state index in [9.17, 15) is 13.5 Å². The number of nitrogens with one attached hydrogen (secondary N) is 1. The van der Waals surface area contributed by atoms with Crippen LogP contribution in [0, 0.1) is 33.6 Å². The van der Waals surface area contributed by atoms with Crippen LogP contribution in [0.3, 0.4) is 0 Å². The van der Waals surface area contributed by atoms with Gasteiger partial charge in [-0.15, -0.1) is 0 Å². The van der Waals surface area contributed by atoms with Crippen LogP contribution in [0.4, 0.5) is 0 Å². The molecule has 4 nitrogen and oxygen atoms in total. The zero-order valence-electron chi connectivity index (χ0n) is 13.9. The minimum atomic E-state index is -3.50. The molecule has 0 aliphatic heterocycles. The summed E-state index contributed by atoms with van der Waals surface area (Å²) < 4.78 is 28.6. The smallest absolute Gasteiger partial charge is 0.241 e.